The largest absolute Gasteiger partial charge is 0.516 e. The van der Waals surface area contributed by atoms with Crippen LogP contribution in [0.25, 0.3) is 5.57 Å². The van der Waals surface area contributed by atoms with Crippen molar-refractivity contribution < 1.29 is 36.2 Å². The molecule has 0 aliphatic heterocycles. The minimum Gasteiger partial charge on any atom is -0.507 e. The van der Waals surface area contributed by atoms with Gasteiger partial charge in [-0.15, -0.1) is 0 Å². The van der Waals surface area contributed by atoms with Crippen LogP contribution in [0.15, 0.2) is 11.8 Å². The van der Waals surface area contributed by atoms with Crippen LogP contribution in [0.4, 0.5) is 18.9 Å². The molecule has 1 aromatic carbocycles. The van der Waals surface area contributed by atoms with Crippen molar-refractivity contribution in [1.29, 1.82) is 0 Å². The lowest BCUT2D eigenvalue weighted by Crippen LogP contribution is -2.30. The number of halogens is 3. The van der Waals surface area contributed by atoms with E-state index in [9.17, 15) is 31.5 Å². The summed E-state index contributed by atoms with van der Waals surface area (Å²) in [6.07, 6.45) is 0. The van der Waals surface area contributed by atoms with E-state index in [4.69, 9.17) is 10.5 Å². The van der Waals surface area contributed by atoms with Gasteiger partial charge in [0, 0.05) is 11.3 Å². The van der Waals surface area contributed by atoms with Gasteiger partial charge in [0.15, 0.2) is 0 Å². The maximum Gasteiger partial charge on any atom is 0.516 e. The van der Waals surface area contributed by atoms with Crippen LogP contribution >= 0.6 is 0 Å². The first kappa shape index (κ1) is 21.6. The second kappa shape index (κ2) is 7.44. The van der Waals surface area contributed by atoms with Crippen LogP contribution in [0, 0.1) is 13.8 Å². The van der Waals surface area contributed by atoms with Gasteiger partial charge in [0.25, 0.3) is 0 Å². The Labute approximate surface area is 148 Å². The lowest BCUT2D eigenvalue weighted by Gasteiger charge is -2.19. The summed E-state index contributed by atoms with van der Waals surface area (Å²) in [6, 6.07) is 0.906. The van der Waals surface area contributed by atoms with Gasteiger partial charge >= 0.3 is 21.5 Å². The van der Waals surface area contributed by atoms with E-state index in [-0.39, 0.29) is 34.6 Å². The number of hydrogen-bond acceptors (Lipinski definition) is 6. The average Bonchev–Trinajstić information content (AvgIpc) is 2.48. The van der Waals surface area contributed by atoms with Crippen molar-refractivity contribution in [2.45, 2.75) is 33.2 Å². The minimum absolute atomic E-state index is 0.00518. The number of carbonyl (C=O) groups is 1. The number of esters is 1. The van der Waals surface area contributed by atoms with Gasteiger partial charge in [-0.05, 0) is 44.9 Å². The maximum absolute atomic E-state index is 12.6. The zero-order valence-corrected chi connectivity index (χ0v) is 15.3. The lowest BCUT2D eigenvalue weighted by molar-refractivity contribution is -0.136. The number of sulfonamides is 1. The van der Waals surface area contributed by atoms with Crippen molar-refractivity contribution in [1.82, 2.24) is 0 Å². The summed E-state index contributed by atoms with van der Waals surface area (Å²) in [4.78, 5) is 12.1. The number of anilines is 1. The Balaban J connectivity index is 3.66. The van der Waals surface area contributed by atoms with Gasteiger partial charge in [-0.25, -0.2) is 4.79 Å². The van der Waals surface area contributed by atoms with Crippen LogP contribution in [0.2, 0.25) is 0 Å². The quantitative estimate of drug-likeness (QED) is 0.400. The van der Waals surface area contributed by atoms with E-state index >= 15 is 0 Å². The normalized spacial score (nSPS) is 13.2. The molecule has 0 bridgehead atoms. The highest BCUT2D eigenvalue weighted by Crippen LogP contribution is 2.38. The van der Waals surface area contributed by atoms with Gasteiger partial charge in [0.05, 0.1) is 17.9 Å². The molecule has 0 aliphatic rings. The number of allylic oxidation sites excluding steroid dienone is 1. The van der Waals surface area contributed by atoms with Gasteiger partial charge in [0.2, 0.25) is 0 Å². The molecule has 26 heavy (non-hydrogen) atoms. The van der Waals surface area contributed by atoms with E-state index in [0.717, 1.165) is 6.07 Å². The third-order valence-electron chi connectivity index (χ3n) is 3.56. The molecule has 11 heteroatoms. The zero-order valence-electron chi connectivity index (χ0n) is 14.5. The number of benzene rings is 1. The number of alkyl halides is 3. The smallest absolute Gasteiger partial charge is 0.507 e. The third-order valence-corrected chi connectivity index (χ3v) is 4.66. The van der Waals surface area contributed by atoms with Crippen LogP contribution in [0.3, 0.4) is 0 Å². The Hall–Kier alpha value is -2.43. The molecule has 4 N–H and O–H groups in total. The average molecular weight is 396 g/mol. The summed E-state index contributed by atoms with van der Waals surface area (Å²) in [5, 5.41) is 10.3. The number of nitrogens with two attached hydrogens (primary N) is 1. The van der Waals surface area contributed by atoms with Crippen LogP contribution in [0.1, 0.15) is 30.5 Å². The highest BCUT2D eigenvalue weighted by atomic mass is 32.2. The molecule has 0 heterocycles. The summed E-state index contributed by atoms with van der Waals surface area (Å²) >= 11 is 0. The van der Waals surface area contributed by atoms with Gasteiger partial charge in [-0.3, -0.25) is 4.72 Å². The molecule has 0 amide bonds. The third kappa shape index (κ3) is 4.21. The fourth-order valence-corrected chi connectivity index (χ4v) is 2.71. The Morgan fingerprint density at radius 1 is 1.31 bits per heavy atom. The second-order valence-electron chi connectivity index (χ2n) is 5.40. The van der Waals surface area contributed by atoms with E-state index in [2.05, 4.69) is 0 Å². The van der Waals surface area contributed by atoms with Crippen LogP contribution in [0.5, 0.6) is 5.75 Å². The molecule has 0 unspecified atom stereocenters. The fraction of sp³-hybridized carbons (Fsp3) is 0.400. The summed E-state index contributed by atoms with van der Waals surface area (Å²) in [5.74, 6) is -1.33. The van der Waals surface area contributed by atoms with E-state index in [1.54, 1.807) is 0 Å². The molecule has 0 atom stereocenters. The second-order valence-corrected chi connectivity index (χ2v) is 7.07. The molecule has 0 saturated heterocycles. The zero-order chi connectivity index (χ0) is 20.4. The molecule has 0 fully saturated rings. The first-order valence-corrected chi connectivity index (χ1v) is 8.79. The molecule has 0 aliphatic carbocycles. The molecule has 7 nitrogen and oxygen atoms in total. The molecule has 146 valence electrons. The number of hydrogen-bond donors (Lipinski definition) is 3. The Bertz CT molecular complexity index is 857. The first-order chi connectivity index (χ1) is 11.7. The van der Waals surface area contributed by atoms with E-state index in [0.29, 0.717) is 0 Å². The van der Waals surface area contributed by atoms with Crippen molar-refractivity contribution in [2.24, 2.45) is 5.73 Å². The maximum atomic E-state index is 12.6. The minimum atomic E-state index is -5.69. The molecule has 0 spiro atoms. The van der Waals surface area contributed by atoms with Crippen LogP contribution < -0.4 is 10.5 Å². The standard InChI is InChI=1S/C15H19F3N2O5S/c1-5-25-14(22)12(9(4)19)10-6-11(7(2)8(3)13(10)21)20-26(23,24)15(16,17)18/h6,20-21H,5,19H2,1-4H3. The molecule has 0 radical (unpaired) electrons. The molecule has 0 aromatic heterocycles. The first-order valence-electron chi connectivity index (χ1n) is 7.30. The summed E-state index contributed by atoms with van der Waals surface area (Å²) < 4.78 is 67.0. The number of nitrogens with one attached hydrogen (secondary N) is 1. The van der Waals surface area contributed by atoms with Crippen molar-refractivity contribution in [3.63, 3.8) is 0 Å². The number of phenols is 1. The summed E-state index contributed by atoms with van der Waals surface area (Å²) in [5.41, 5.74) is -0.787. The van der Waals surface area contributed by atoms with E-state index in [1.165, 1.54) is 32.4 Å². The summed E-state index contributed by atoms with van der Waals surface area (Å²) in [7, 11) is -5.69. The van der Waals surface area contributed by atoms with Crippen LogP contribution in [-0.4, -0.2) is 31.6 Å². The SMILES string of the molecule is CCOC(=O)C(=C(C)N)c1cc(NS(=O)(=O)C(F)(F)F)c(C)c(C)c1O. The molecule has 1 aromatic rings. The Morgan fingerprint density at radius 3 is 2.27 bits per heavy atom. The molecule has 1 rings (SSSR count). The summed E-state index contributed by atoms with van der Waals surface area (Å²) in [6.45, 7) is 5.53. The molecule has 0 saturated carbocycles. The Morgan fingerprint density at radius 2 is 1.85 bits per heavy atom. The van der Waals surface area contributed by atoms with Gasteiger partial charge < -0.3 is 15.6 Å². The lowest BCUT2D eigenvalue weighted by atomic mass is 9.96. The Kier molecular flexibility index (Phi) is 6.18. The van der Waals surface area contributed by atoms with Crippen molar-refractivity contribution in [3.05, 3.63) is 28.5 Å². The van der Waals surface area contributed by atoms with E-state index < -0.39 is 32.9 Å². The highest BCUT2D eigenvalue weighted by molar-refractivity contribution is 7.93. The molecular weight excluding hydrogens is 377 g/mol. The van der Waals surface area contributed by atoms with Gasteiger partial charge in [-0.2, -0.15) is 21.6 Å². The monoisotopic (exact) mass is 396 g/mol. The van der Waals surface area contributed by atoms with Crippen molar-refractivity contribution >= 4 is 27.3 Å². The number of phenolic OH excluding ortho intramolecular Hbond substituents is 1. The number of carbonyl (C=O) groups excluding carboxylic acids is 1. The van der Waals surface area contributed by atoms with Gasteiger partial charge in [-0.1, -0.05) is 0 Å². The number of rotatable bonds is 5. The van der Waals surface area contributed by atoms with Crippen LogP contribution in [-0.2, 0) is 19.6 Å². The predicted octanol–water partition coefficient (Wildman–Crippen LogP) is 2.52. The topological polar surface area (TPSA) is 119 Å². The van der Waals surface area contributed by atoms with Crippen molar-refractivity contribution in [2.75, 3.05) is 11.3 Å². The predicted molar refractivity (Wildman–Crippen MR) is 89.6 cm³/mol. The number of aromatic hydroxyl groups is 1. The molecular formula is C15H19F3N2O5S. The fourth-order valence-electron chi connectivity index (χ4n) is 2.09. The number of ether oxygens (including phenoxy) is 1. The highest BCUT2D eigenvalue weighted by Gasteiger charge is 2.46. The van der Waals surface area contributed by atoms with Crippen molar-refractivity contribution in [3.8, 4) is 5.75 Å². The van der Waals surface area contributed by atoms with E-state index in [1.807, 2.05) is 0 Å². The van der Waals surface area contributed by atoms with Gasteiger partial charge in [0.1, 0.15) is 5.75 Å².